The fourth-order valence-corrected chi connectivity index (χ4v) is 1.91. The van der Waals surface area contributed by atoms with Crippen molar-refractivity contribution in [2.75, 3.05) is 0 Å². The molecule has 2 aromatic rings. The Morgan fingerprint density at radius 1 is 1.11 bits per heavy atom. The minimum Gasteiger partial charge on any atom is -0.457 e. The van der Waals surface area contributed by atoms with Crippen LogP contribution in [0.2, 0.25) is 5.02 Å². The lowest BCUT2D eigenvalue weighted by Crippen LogP contribution is -2.00. The van der Waals surface area contributed by atoms with Crippen LogP contribution in [0.3, 0.4) is 0 Å². The molecule has 2 nitrogen and oxygen atoms in total. The van der Waals surface area contributed by atoms with E-state index in [2.05, 4.69) is 13.0 Å². The molecule has 0 fully saturated rings. The van der Waals surface area contributed by atoms with Crippen molar-refractivity contribution in [1.29, 1.82) is 0 Å². The van der Waals surface area contributed by atoms with Gasteiger partial charge in [0.1, 0.15) is 11.5 Å². The summed E-state index contributed by atoms with van der Waals surface area (Å²) < 4.78 is 5.93. The van der Waals surface area contributed by atoms with Gasteiger partial charge in [-0.2, -0.15) is 0 Å². The predicted molar refractivity (Wildman–Crippen MR) is 75.3 cm³/mol. The molecule has 0 unspecified atom stereocenters. The molecule has 0 amide bonds. The summed E-state index contributed by atoms with van der Waals surface area (Å²) in [5.41, 5.74) is 8.97. The van der Waals surface area contributed by atoms with E-state index in [4.69, 9.17) is 22.1 Å². The third kappa shape index (κ3) is 2.66. The Bertz CT molecular complexity index is 566. The number of halogens is 1. The number of hydrogen-bond acceptors (Lipinski definition) is 2. The van der Waals surface area contributed by atoms with Crippen LogP contribution < -0.4 is 10.5 Å². The normalized spacial score (nSPS) is 10.4. The molecule has 0 spiro atoms. The first-order chi connectivity index (χ1) is 8.61. The van der Waals surface area contributed by atoms with Crippen LogP contribution in [0.4, 0.5) is 0 Å². The Labute approximate surface area is 112 Å². The van der Waals surface area contributed by atoms with Gasteiger partial charge in [0, 0.05) is 17.1 Å². The second-order valence-corrected chi connectivity index (χ2v) is 4.69. The molecule has 0 aliphatic rings. The summed E-state index contributed by atoms with van der Waals surface area (Å²) in [5.74, 6) is 1.56. The molecule has 94 valence electrons. The summed E-state index contributed by atoms with van der Waals surface area (Å²) in [6.45, 7) is 4.53. The molecule has 2 N–H and O–H groups in total. The van der Waals surface area contributed by atoms with Gasteiger partial charge in [-0.05, 0) is 43.2 Å². The monoisotopic (exact) mass is 261 g/mol. The summed E-state index contributed by atoms with van der Waals surface area (Å²) >= 11 is 5.99. The molecule has 0 radical (unpaired) electrons. The summed E-state index contributed by atoms with van der Waals surface area (Å²) in [6.07, 6.45) is 0. The van der Waals surface area contributed by atoms with Gasteiger partial charge >= 0.3 is 0 Å². The number of ether oxygens (including phenoxy) is 1. The van der Waals surface area contributed by atoms with E-state index in [0.29, 0.717) is 11.6 Å². The Morgan fingerprint density at radius 2 is 1.89 bits per heavy atom. The van der Waals surface area contributed by atoms with Crippen molar-refractivity contribution in [3.05, 3.63) is 58.1 Å². The largest absolute Gasteiger partial charge is 0.457 e. The molecule has 0 saturated carbocycles. The van der Waals surface area contributed by atoms with Gasteiger partial charge in [-0.1, -0.05) is 29.8 Å². The molecule has 18 heavy (non-hydrogen) atoms. The summed E-state index contributed by atoms with van der Waals surface area (Å²) in [5, 5.41) is 0.646. The molecule has 0 aliphatic heterocycles. The third-order valence-corrected chi connectivity index (χ3v) is 3.26. The Morgan fingerprint density at radius 3 is 2.61 bits per heavy atom. The fraction of sp³-hybridized carbons (Fsp3) is 0.200. The lowest BCUT2D eigenvalue weighted by Gasteiger charge is -2.13. The number of nitrogens with two attached hydrogens (primary N) is 1. The highest BCUT2D eigenvalue weighted by Gasteiger charge is 2.07. The van der Waals surface area contributed by atoms with Crippen LogP contribution in [0.15, 0.2) is 36.4 Å². The lowest BCUT2D eigenvalue weighted by molar-refractivity contribution is 0.472. The second kappa shape index (κ2) is 5.42. The highest BCUT2D eigenvalue weighted by molar-refractivity contribution is 6.30. The van der Waals surface area contributed by atoms with Crippen LogP contribution in [-0.4, -0.2) is 0 Å². The van der Waals surface area contributed by atoms with Gasteiger partial charge in [0.25, 0.3) is 0 Å². The molecule has 0 aliphatic carbocycles. The number of rotatable bonds is 3. The molecule has 3 heteroatoms. The zero-order valence-electron chi connectivity index (χ0n) is 10.5. The van der Waals surface area contributed by atoms with E-state index >= 15 is 0 Å². The van der Waals surface area contributed by atoms with E-state index < -0.39 is 0 Å². The number of benzene rings is 2. The van der Waals surface area contributed by atoms with Gasteiger partial charge in [-0.3, -0.25) is 0 Å². The van der Waals surface area contributed by atoms with Crippen molar-refractivity contribution < 1.29 is 4.74 Å². The Balaban J connectivity index is 2.39. The Kier molecular flexibility index (Phi) is 3.90. The van der Waals surface area contributed by atoms with Gasteiger partial charge in [0.2, 0.25) is 0 Å². The molecule has 0 saturated heterocycles. The van der Waals surface area contributed by atoms with Gasteiger partial charge in [0.05, 0.1) is 0 Å². The highest BCUT2D eigenvalue weighted by atomic mass is 35.5. The molecule has 2 aromatic carbocycles. The minimum atomic E-state index is 0.428. The van der Waals surface area contributed by atoms with Crippen molar-refractivity contribution in [3.8, 4) is 11.5 Å². The van der Waals surface area contributed by atoms with Crippen LogP contribution in [-0.2, 0) is 6.54 Å². The standard InChI is InChI=1S/C15H16ClNO/c1-10-4-3-5-14(11(10)2)18-15-8-13(16)7-6-12(15)9-17/h3-8H,9,17H2,1-2H3. The Hall–Kier alpha value is -1.51. The topological polar surface area (TPSA) is 35.2 Å². The summed E-state index contributed by atoms with van der Waals surface area (Å²) in [7, 11) is 0. The van der Waals surface area contributed by atoms with Crippen molar-refractivity contribution >= 4 is 11.6 Å². The van der Waals surface area contributed by atoms with E-state index in [1.165, 1.54) is 5.56 Å². The zero-order chi connectivity index (χ0) is 13.1. The van der Waals surface area contributed by atoms with Gasteiger partial charge in [-0.25, -0.2) is 0 Å². The lowest BCUT2D eigenvalue weighted by atomic mass is 10.1. The molecule has 0 heterocycles. The van der Waals surface area contributed by atoms with Gasteiger partial charge in [-0.15, -0.1) is 0 Å². The third-order valence-electron chi connectivity index (χ3n) is 3.02. The van der Waals surface area contributed by atoms with Crippen molar-refractivity contribution in [1.82, 2.24) is 0 Å². The van der Waals surface area contributed by atoms with Crippen molar-refractivity contribution in [2.24, 2.45) is 5.73 Å². The van der Waals surface area contributed by atoms with Crippen molar-refractivity contribution in [2.45, 2.75) is 20.4 Å². The highest BCUT2D eigenvalue weighted by Crippen LogP contribution is 2.31. The smallest absolute Gasteiger partial charge is 0.133 e. The van der Waals surface area contributed by atoms with Crippen LogP contribution >= 0.6 is 11.6 Å². The predicted octanol–water partition coefficient (Wildman–Crippen LogP) is 4.21. The maximum Gasteiger partial charge on any atom is 0.133 e. The number of hydrogen-bond donors (Lipinski definition) is 1. The molecular weight excluding hydrogens is 246 g/mol. The maximum absolute atomic E-state index is 5.99. The minimum absolute atomic E-state index is 0.428. The molecular formula is C15H16ClNO. The van der Waals surface area contributed by atoms with Crippen LogP contribution in [0, 0.1) is 13.8 Å². The fourth-order valence-electron chi connectivity index (χ4n) is 1.75. The van der Waals surface area contributed by atoms with E-state index in [1.807, 2.05) is 31.2 Å². The SMILES string of the molecule is Cc1cccc(Oc2cc(Cl)ccc2CN)c1C. The molecule has 0 bridgehead atoms. The second-order valence-electron chi connectivity index (χ2n) is 4.26. The van der Waals surface area contributed by atoms with Gasteiger partial charge < -0.3 is 10.5 Å². The van der Waals surface area contributed by atoms with E-state index in [9.17, 15) is 0 Å². The van der Waals surface area contributed by atoms with Crippen molar-refractivity contribution in [3.63, 3.8) is 0 Å². The summed E-state index contributed by atoms with van der Waals surface area (Å²) in [4.78, 5) is 0. The molecule has 0 aromatic heterocycles. The zero-order valence-corrected chi connectivity index (χ0v) is 11.3. The first-order valence-corrected chi connectivity index (χ1v) is 6.22. The van der Waals surface area contributed by atoms with Crippen LogP contribution in [0.1, 0.15) is 16.7 Å². The molecule has 2 rings (SSSR count). The van der Waals surface area contributed by atoms with E-state index in [0.717, 1.165) is 22.6 Å². The first-order valence-electron chi connectivity index (χ1n) is 5.84. The summed E-state index contributed by atoms with van der Waals surface area (Å²) in [6, 6.07) is 11.5. The maximum atomic E-state index is 5.99. The van der Waals surface area contributed by atoms with Gasteiger partial charge in [0.15, 0.2) is 0 Å². The van der Waals surface area contributed by atoms with E-state index in [1.54, 1.807) is 6.07 Å². The quantitative estimate of drug-likeness (QED) is 0.898. The first kappa shape index (κ1) is 12.9. The van der Waals surface area contributed by atoms with Crippen LogP contribution in [0.5, 0.6) is 11.5 Å². The average Bonchev–Trinajstić information content (AvgIpc) is 2.35. The molecule has 0 atom stereocenters. The number of aryl methyl sites for hydroxylation is 1. The van der Waals surface area contributed by atoms with Crippen LogP contribution in [0.25, 0.3) is 0 Å². The average molecular weight is 262 g/mol. The van der Waals surface area contributed by atoms with E-state index in [-0.39, 0.29) is 0 Å².